The Bertz CT molecular complexity index is 483. The van der Waals surface area contributed by atoms with E-state index in [9.17, 15) is 4.39 Å². The van der Waals surface area contributed by atoms with E-state index in [1.54, 1.807) is 19.2 Å². The van der Waals surface area contributed by atoms with Crippen molar-refractivity contribution in [2.24, 2.45) is 0 Å². The van der Waals surface area contributed by atoms with Crippen LogP contribution in [0.2, 0.25) is 0 Å². The van der Waals surface area contributed by atoms with E-state index < -0.39 is 0 Å². The van der Waals surface area contributed by atoms with E-state index in [1.165, 1.54) is 6.08 Å². The highest BCUT2D eigenvalue weighted by atomic mass is 19.1. The molecule has 1 aromatic carbocycles. The van der Waals surface area contributed by atoms with Gasteiger partial charge in [0.2, 0.25) is 0 Å². The minimum Gasteiger partial charge on any atom is -0.256 e. The molecule has 1 nitrogen and oxygen atoms in total. The first-order chi connectivity index (χ1) is 6.83. The van der Waals surface area contributed by atoms with E-state index in [1.807, 2.05) is 24.3 Å². The number of allylic oxidation sites excluding steroid dienone is 1. The van der Waals surface area contributed by atoms with Gasteiger partial charge < -0.3 is 0 Å². The van der Waals surface area contributed by atoms with Crippen LogP contribution in [0.5, 0.6) is 0 Å². The quantitative estimate of drug-likeness (QED) is 0.665. The van der Waals surface area contributed by atoms with Gasteiger partial charge in [0.15, 0.2) is 0 Å². The van der Waals surface area contributed by atoms with Gasteiger partial charge in [-0.1, -0.05) is 24.3 Å². The first-order valence-electron chi connectivity index (χ1n) is 4.49. The molecule has 0 aliphatic heterocycles. The first kappa shape index (κ1) is 8.88. The Morgan fingerprint density at radius 2 is 2.07 bits per heavy atom. The third-order valence-electron chi connectivity index (χ3n) is 2.14. The van der Waals surface area contributed by atoms with Gasteiger partial charge in [0.25, 0.3) is 0 Å². The Kier molecular flexibility index (Phi) is 2.27. The largest absolute Gasteiger partial charge is 0.256 e. The van der Waals surface area contributed by atoms with Gasteiger partial charge in [0.05, 0.1) is 5.52 Å². The molecule has 0 unspecified atom stereocenters. The molecule has 70 valence electrons. The molecular formula is C12H10FN. The molecule has 0 N–H and O–H groups in total. The van der Waals surface area contributed by atoms with Crippen LogP contribution in [0.4, 0.5) is 4.39 Å². The van der Waals surface area contributed by atoms with Gasteiger partial charge in [0, 0.05) is 17.1 Å². The highest BCUT2D eigenvalue weighted by molar-refractivity contribution is 5.88. The second-order valence-electron chi connectivity index (χ2n) is 3.02. The summed E-state index contributed by atoms with van der Waals surface area (Å²) in [6.45, 7) is 1.68. The van der Waals surface area contributed by atoms with E-state index in [0.717, 1.165) is 5.39 Å². The number of nitrogens with zero attached hydrogens (tertiary/aromatic N) is 1. The first-order valence-corrected chi connectivity index (χ1v) is 4.49. The second kappa shape index (κ2) is 3.58. The molecule has 2 heteroatoms. The van der Waals surface area contributed by atoms with Crippen LogP contribution >= 0.6 is 0 Å². The molecule has 0 aliphatic rings. The summed E-state index contributed by atoms with van der Waals surface area (Å²) in [5.74, 6) is -0.228. The van der Waals surface area contributed by atoms with Crippen LogP contribution in [0.25, 0.3) is 16.7 Å². The molecule has 0 aliphatic carbocycles. The summed E-state index contributed by atoms with van der Waals surface area (Å²) in [5, 5.41) is 0.960. The van der Waals surface area contributed by atoms with Crippen LogP contribution in [0, 0.1) is 0 Å². The molecule has 0 atom stereocenters. The number of fused-ring (bicyclic) bond motifs is 1. The fourth-order valence-electron chi connectivity index (χ4n) is 1.45. The van der Waals surface area contributed by atoms with Crippen LogP contribution in [0.3, 0.4) is 0 Å². The van der Waals surface area contributed by atoms with Crippen molar-refractivity contribution in [2.75, 3.05) is 0 Å². The lowest BCUT2D eigenvalue weighted by Gasteiger charge is -2.02. The predicted octanol–water partition coefficient (Wildman–Crippen LogP) is 3.57. The van der Waals surface area contributed by atoms with Crippen molar-refractivity contribution in [3.63, 3.8) is 0 Å². The third kappa shape index (κ3) is 1.39. The lowest BCUT2D eigenvalue weighted by Crippen LogP contribution is -1.84. The summed E-state index contributed by atoms with van der Waals surface area (Å²) >= 11 is 0. The number of aromatic nitrogens is 1. The van der Waals surface area contributed by atoms with E-state index in [0.29, 0.717) is 11.1 Å². The minimum absolute atomic E-state index is 0.228. The summed E-state index contributed by atoms with van der Waals surface area (Å²) < 4.78 is 13.4. The normalized spacial score (nSPS) is 12.0. The SMILES string of the molecule is CC=C(F)c1cccc2cccnc12. The molecule has 2 aromatic rings. The van der Waals surface area contributed by atoms with E-state index in [2.05, 4.69) is 4.98 Å². The smallest absolute Gasteiger partial charge is 0.128 e. The number of rotatable bonds is 1. The highest BCUT2D eigenvalue weighted by Crippen LogP contribution is 2.23. The van der Waals surface area contributed by atoms with Crippen molar-refractivity contribution in [3.8, 4) is 0 Å². The Labute approximate surface area is 81.9 Å². The molecule has 1 aromatic heterocycles. The molecule has 0 spiro atoms. The maximum Gasteiger partial charge on any atom is 0.128 e. The lowest BCUT2D eigenvalue weighted by molar-refractivity contribution is 0.759. The molecule has 0 bridgehead atoms. The fraction of sp³-hybridized carbons (Fsp3) is 0.0833. The van der Waals surface area contributed by atoms with Gasteiger partial charge in [-0.05, 0) is 19.1 Å². The molecule has 0 amide bonds. The van der Waals surface area contributed by atoms with Crippen molar-refractivity contribution in [2.45, 2.75) is 6.92 Å². The molecule has 14 heavy (non-hydrogen) atoms. The molecule has 0 saturated heterocycles. The van der Waals surface area contributed by atoms with Gasteiger partial charge in [-0.25, -0.2) is 4.39 Å². The number of pyridine rings is 1. The zero-order valence-corrected chi connectivity index (χ0v) is 7.87. The number of halogens is 1. The molecular weight excluding hydrogens is 177 g/mol. The zero-order valence-electron chi connectivity index (χ0n) is 7.87. The maximum atomic E-state index is 13.4. The minimum atomic E-state index is -0.228. The van der Waals surface area contributed by atoms with Crippen molar-refractivity contribution >= 4 is 16.7 Å². The molecule has 0 saturated carbocycles. The molecule has 0 fully saturated rings. The summed E-state index contributed by atoms with van der Waals surface area (Å²) in [6, 6.07) is 9.27. The monoisotopic (exact) mass is 187 g/mol. The second-order valence-corrected chi connectivity index (χ2v) is 3.02. The van der Waals surface area contributed by atoms with Gasteiger partial charge in [0.1, 0.15) is 5.83 Å². The van der Waals surface area contributed by atoms with E-state index in [-0.39, 0.29) is 5.83 Å². The van der Waals surface area contributed by atoms with Gasteiger partial charge in [-0.3, -0.25) is 4.98 Å². The fourth-order valence-corrected chi connectivity index (χ4v) is 1.45. The predicted molar refractivity (Wildman–Crippen MR) is 56.5 cm³/mol. The Hall–Kier alpha value is -1.70. The average Bonchev–Trinajstić information content (AvgIpc) is 2.27. The summed E-state index contributed by atoms with van der Waals surface area (Å²) in [7, 11) is 0. The van der Waals surface area contributed by atoms with Crippen LogP contribution < -0.4 is 0 Å². The lowest BCUT2D eigenvalue weighted by atomic mass is 10.1. The average molecular weight is 187 g/mol. The standard InChI is InChI=1S/C12H10FN/c1-2-11(13)10-7-3-5-9-6-4-8-14-12(9)10/h2-8H,1H3. The van der Waals surface area contributed by atoms with E-state index >= 15 is 0 Å². The van der Waals surface area contributed by atoms with Crippen molar-refractivity contribution in [1.82, 2.24) is 4.98 Å². The number of hydrogen-bond acceptors (Lipinski definition) is 1. The molecule has 0 radical (unpaired) electrons. The number of para-hydroxylation sites is 1. The van der Waals surface area contributed by atoms with Gasteiger partial charge in [-0.2, -0.15) is 0 Å². The number of hydrogen-bond donors (Lipinski definition) is 0. The number of benzene rings is 1. The third-order valence-corrected chi connectivity index (χ3v) is 2.14. The van der Waals surface area contributed by atoms with Crippen LogP contribution in [0.1, 0.15) is 12.5 Å². The molecule has 2 rings (SSSR count). The van der Waals surface area contributed by atoms with Crippen molar-refractivity contribution < 1.29 is 4.39 Å². The van der Waals surface area contributed by atoms with Gasteiger partial charge >= 0.3 is 0 Å². The van der Waals surface area contributed by atoms with Crippen molar-refractivity contribution in [1.29, 1.82) is 0 Å². The van der Waals surface area contributed by atoms with E-state index in [4.69, 9.17) is 0 Å². The van der Waals surface area contributed by atoms with Crippen LogP contribution in [-0.4, -0.2) is 4.98 Å². The molecule has 1 heterocycles. The van der Waals surface area contributed by atoms with Crippen molar-refractivity contribution in [3.05, 3.63) is 48.2 Å². The Balaban J connectivity index is 2.77. The summed E-state index contributed by atoms with van der Waals surface area (Å²) in [4.78, 5) is 4.17. The highest BCUT2D eigenvalue weighted by Gasteiger charge is 2.04. The van der Waals surface area contributed by atoms with Gasteiger partial charge in [-0.15, -0.1) is 0 Å². The maximum absolute atomic E-state index is 13.4. The summed E-state index contributed by atoms with van der Waals surface area (Å²) in [5.41, 5.74) is 1.27. The van der Waals surface area contributed by atoms with Crippen LogP contribution in [-0.2, 0) is 0 Å². The van der Waals surface area contributed by atoms with Crippen LogP contribution in [0.15, 0.2) is 42.6 Å². The topological polar surface area (TPSA) is 12.9 Å². The zero-order chi connectivity index (χ0) is 9.97. The summed E-state index contributed by atoms with van der Waals surface area (Å²) in [6.07, 6.45) is 3.12. The Morgan fingerprint density at radius 1 is 1.29 bits per heavy atom. The Morgan fingerprint density at radius 3 is 2.86 bits per heavy atom.